The van der Waals surface area contributed by atoms with E-state index in [1.807, 2.05) is 0 Å². The lowest BCUT2D eigenvalue weighted by atomic mass is 10.3. The number of hydrogen-bond donors (Lipinski definition) is 3. The summed E-state index contributed by atoms with van der Waals surface area (Å²) in [4.78, 5) is -0.0732. The Morgan fingerprint density at radius 3 is 2.22 bits per heavy atom. The molecule has 0 aliphatic rings. The Kier molecular flexibility index (Phi) is 2.88. The van der Waals surface area contributed by atoms with Crippen LogP contribution in [0.25, 0.3) is 0 Å². The lowest BCUT2D eigenvalue weighted by Gasteiger charge is -2.06. The van der Waals surface area contributed by atoms with Gasteiger partial charge in [-0.1, -0.05) is 6.07 Å². The quantitative estimate of drug-likeness (QED) is 0.564. The molecule has 0 spiro atoms. The maximum absolute atomic E-state index is 12.2. The first-order chi connectivity index (χ1) is 8.41. The van der Waals surface area contributed by atoms with Crippen LogP contribution in [-0.2, 0) is 9.84 Å². The van der Waals surface area contributed by atoms with Crippen molar-refractivity contribution in [2.75, 3.05) is 5.73 Å². The summed E-state index contributed by atoms with van der Waals surface area (Å²) in [6.45, 7) is 0. The molecule has 0 saturated heterocycles. The molecule has 2 aromatic rings. The van der Waals surface area contributed by atoms with Gasteiger partial charge in [-0.15, -0.1) is 0 Å². The number of phenols is 2. The summed E-state index contributed by atoms with van der Waals surface area (Å²) < 4.78 is 24.4. The summed E-state index contributed by atoms with van der Waals surface area (Å²) in [7, 11) is -3.75. The normalized spacial score (nSPS) is 11.3. The SMILES string of the molecule is Nc1cc(S(=O)(=O)c2cccc(O)c2)ccc1O. The van der Waals surface area contributed by atoms with Crippen LogP contribution >= 0.6 is 0 Å². The standard InChI is InChI=1S/C12H11NO4S/c13-11-7-10(4-5-12(11)15)18(16,17)9-3-1-2-8(14)6-9/h1-7,14-15H,13H2. The molecule has 0 unspecified atom stereocenters. The van der Waals surface area contributed by atoms with Crippen LogP contribution in [0.5, 0.6) is 11.5 Å². The summed E-state index contributed by atoms with van der Waals surface area (Å²) in [6, 6.07) is 8.98. The third-order valence-electron chi connectivity index (χ3n) is 2.44. The molecule has 6 heteroatoms. The molecule has 0 saturated carbocycles. The van der Waals surface area contributed by atoms with Gasteiger partial charge in [0.2, 0.25) is 9.84 Å². The molecule has 2 rings (SSSR count). The highest BCUT2D eigenvalue weighted by atomic mass is 32.2. The minimum Gasteiger partial charge on any atom is -0.508 e. The van der Waals surface area contributed by atoms with Crippen molar-refractivity contribution in [3.63, 3.8) is 0 Å². The Morgan fingerprint density at radius 1 is 0.944 bits per heavy atom. The van der Waals surface area contributed by atoms with Crippen LogP contribution < -0.4 is 5.73 Å². The summed E-state index contributed by atoms with van der Waals surface area (Å²) in [5, 5.41) is 18.6. The molecular weight excluding hydrogens is 254 g/mol. The van der Waals surface area contributed by atoms with Crippen molar-refractivity contribution in [3.05, 3.63) is 42.5 Å². The number of anilines is 1. The predicted octanol–water partition coefficient (Wildman–Crippen LogP) is 1.51. The summed E-state index contributed by atoms with van der Waals surface area (Å²) in [5.41, 5.74) is 5.44. The monoisotopic (exact) mass is 265 g/mol. The summed E-state index contributed by atoms with van der Waals surface area (Å²) in [6.07, 6.45) is 0. The van der Waals surface area contributed by atoms with Gasteiger partial charge in [0, 0.05) is 0 Å². The van der Waals surface area contributed by atoms with Crippen LogP contribution in [0.3, 0.4) is 0 Å². The Balaban J connectivity index is 2.58. The lowest BCUT2D eigenvalue weighted by Crippen LogP contribution is -2.02. The number of aromatic hydroxyl groups is 2. The van der Waals surface area contributed by atoms with E-state index in [9.17, 15) is 18.6 Å². The zero-order valence-electron chi connectivity index (χ0n) is 9.24. The average Bonchev–Trinajstić information content (AvgIpc) is 2.32. The molecule has 0 atom stereocenters. The van der Waals surface area contributed by atoms with Gasteiger partial charge in [-0.25, -0.2) is 8.42 Å². The van der Waals surface area contributed by atoms with E-state index < -0.39 is 9.84 Å². The molecule has 0 fully saturated rings. The maximum Gasteiger partial charge on any atom is 0.206 e. The fraction of sp³-hybridized carbons (Fsp3) is 0. The predicted molar refractivity (Wildman–Crippen MR) is 66.1 cm³/mol. The molecule has 0 aromatic heterocycles. The van der Waals surface area contributed by atoms with Gasteiger partial charge in [0.15, 0.2) is 0 Å². The Bertz CT molecular complexity index is 695. The molecule has 0 amide bonds. The van der Waals surface area contributed by atoms with Gasteiger partial charge in [0.25, 0.3) is 0 Å². The van der Waals surface area contributed by atoms with Crippen LogP contribution in [0.1, 0.15) is 0 Å². The molecular formula is C12H11NO4S. The molecule has 2 aromatic carbocycles. The van der Waals surface area contributed by atoms with Crippen molar-refractivity contribution in [1.82, 2.24) is 0 Å². The van der Waals surface area contributed by atoms with Crippen LogP contribution in [0.2, 0.25) is 0 Å². The van der Waals surface area contributed by atoms with Crippen molar-refractivity contribution in [2.24, 2.45) is 0 Å². The van der Waals surface area contributed by atoms with E-state index in [2.05, 4.69) is 0 Å². The van der Waals surface area contributed by atoms with Crippen molar-refractivity contribution < 1.29 is 18.6 Å². The van der Waals surface area contributed by atoms with Gasteiger partial charge < -0.3 is 15.9 Å². The van der Waals surface area contributed by atoms with Gasteiger partial charge in [-0.05, 0) is 36.4 Å². The lowest BCUT2D eigenvalue weighted by molar-refractivity contribution is 0.473. The molecule has 0 radical (unpaired) electrons. The van der Waals surface area contributed by atoms with Crippen molar-refractivity contribution in [1.29, 1.82) is 0 Å². The van der Waals surface area contributed by atoms with E-state index >= 15 is 0 Å². The molecule has 0 heterocycles. The largest absolute Gasteiger partial charge is 0.508 e. The van der Waals surface area contributed by atoms with Gasteiger partial charge in [-0.3, -0.25) is 0 Å². The number of hydrogen-bond acceptors (Lipinski definition) is 5. The van der Waals surface area contributed by atoms with Crippen LogP contribution in [0.4, 0.5) is 5.69 Å². The second-order valence-electron chi connectivity index (χ2n) is 3.72. The fourth-order valence-corrected chi connectivity index (χ4v) is 2.82. The molecule has 18 heavy (non-hydrogen) atoms. The zero-order valence-corrected chi connectivity index (χ0v) is 10.1. The minimum atomic E-state index is -3.75. The Labute approximate surface area is 104 Å². The summed E-state index contributed by atoms with van der Waals surface area (Å²) in [5.74, 6) is -0.312. The van der Waals surface area contributed by atoms with E-state index in [0.29, 0.717) is 0 Å². The van der Waals surface area contributed by atoms with Crippen LogP contribution in [0, 0.1) is 0 Å². The highest BCUT2D eigenvalue weighted by Crippen LogP contribution is 2.28. The first-order valence-corrected chi connectivity index (χ1v) is 6.52. The second kappa shape index (κ2) is 4.23. The van der Waals surface area contributed by atoms with Crippen molar-refractivity contribution >= 4 is 15.5 Å². The van der Waals surface area contributed by atoms with Gasteiger partial charge in [0.1, 0.15) is 11.5 Å². The van der Waals surface area contributed by atoms with E-state index in [-0.39, 0.29) is 27.0 Å². The number of rotatable bonds is 2. The minimum absolute atomic E-state index is 0.0174. The smallest absolute Gasteiger partial charge is 0.206 e. The van der Waals surface area contributed by atoms with Crippen molar-refractivity contribution in [2.45, 2.75) is 9.79 Å². The second-order valence-corrected chi connectivity index (χ2v) is 5.67. The topological polar surface area (TPSA) is 101 Å². The average molecular weight is 265 g/mol. The summed E-state index contributed by atoms with van der Waals surface area (Å²) >= 11 is 0. The highest BCUT2D eigenvalue weighted by molar-refractivity contribution is 7.91. The van der Waals surface area contributed by atoms with Crippen molar-refractivity contribution in [3.8, 4) is 11.5 Å². The Morgan fingerprint density at radius 2 is 1.61 bits per heavy atom. The number of phenolic OH excluding ortho intramolecular Hbond substituents is 2. The first kappa shape index (κ1) is 12.3. The van der Waals surface area contributed by atoms with Gasteiger partial charge in [0.05, 0.1) is 15.5 Å². The Hall–Kier alpha value is -2.21. The first-order valence-electron chi connectivity index (χ1n) is 5.04. The molecule has 94 valence electrons. The molecule has 4 N–H and O–H groups in total. The highest BCUT2D eigenvalue weighted by Gasteiger charge is 2.18. The van der Waals surface area contributed by atoms with Crippen LogP contribution in [0.15, 0.2) is 52.3 Å². The number of benzene rings is 2. The van der Waals surface area contributed by atoms with E-state index in [0.717, 1.165) is 6.07 Å². The molecule has 5 nitrogen and oxygen atoms in total. The van der Waals surface area contributed by atoms with Gasteiger partial charge >= 0.3 is 0 Å². The molecule has 0 aliphatic carbocycles. The van der Waals surface area contributed by atoms with E-state index in [1.54, 1.807) is 0 Å². The number of nitrogens with two attached hydrogens (primary N) is 1. The fourth-order valence-electron chi connectivity index (χ4n) is 1.49. The zero-order chi connectivity index (χ0) is 13.3. The number of sulfone groups is 1. The molecule has 0 aliphatic heterocycles. The number of nitrogen functional groups attached to an aromatic ring is 1. The molecule has 0 bridgehead atoms. The van der Waals surface area contributed by atoms with E-state index in [1.165, 1.54) is 36.4 Å². The third-order valence-corrected chi connectivity index (χ3v) is 4.19. The third kappa shape index (κ3) is 2.10. The maximum atomic E-state index is 12.2. The van der Waals surface area contributed by atoms with Crippen LogP contribution in [-0.4, -0.2) is 18.6 Å². The van der Waals surface area contributed by atoms with Gasteiger partial charge in [-0.2, -0.15) is 0 Å². The van der Waals surface area contributed by atoms with E-state index in [4.69, 9.17) is 5.73 Å².